The van der Waals surface area contributed by atoms with Gasteiger partial charge >= 0.3 is 5.97 Å². The maximum absolute atomic E-state index is 13.2. The lowest BCUT2D eigenvalue weighted by molar-refractivity contribution is -0.111. The third-order valence-electron chi connectivity index (χ3n) is 7.62. The van der Waals surface area contributed by atoms with Gasteiger partial charge in [-0.2, -0.15) is 0 Å². The molecular formula is C32H35N5O5. The first-order chi connectivity index (χ1) is 20.2. The van der Waals surface area contributed by atoms with Crippen molar-refractivity contribution in [3.63, 3.8) is 0 Å². The van der Waals surface area contributed by atoms with Crippen molar-refractivity contribution in [1.29, 1.82) is 0 Å². The summed E-state index contributed by atoms with van der Waals surface area (Å²) in [4.78, 5) is 48.2. The molecule has 2 aliphatic heterocycles. The summed E-state index contributed by atoms with van der Waals surface area (Å²) in [6.07, 6.45) is 0. The normalized spacial score (nSPS) is 16.5. The molecule has 10 heteroatoms. The monoisotopic (exact) mass is 569 g/mol. The van der Waals surface area contributed by atoms with E-state index in [1.165, 1.54) is 17.2 Å². The van der Waals surface area contributed by atoms with Crippen molar-refractivity contribution in [3.8, 4) is 0 Å². The number of fused-ring (bicyclic) bond motifs is 1. The van der Waals surface area contributed by atoms with Crippen molar-refractivity contribution in [1.82, 2.24) is 14.9 Å². The second-order valence-electron chi connectivity index (χ2n) is 10.6. The molecule has 0 radical (unpaired) electrons. The second-order valence-corrected chi connectivity index (χ2v) is 10.6. The molecule has 3 N–H and O–H groups in total. The Balaban J connectivity index is 1.35. The van der Waals surface area contributed by atoms with E-state index in [1.807, 2.05) is 43.3 Å². The fourth-order valence-corrected chi connectivity index (χ4v) is 5.17. The van der Waals surface area contributed by atoms with Gasteiger partial charge in [-0.1, -0.05) is 36.4 Å². The third kappa shape index (κ3) is 6.36. The van der Waals surface area contributed by atoms with Crippen LogP contribution in [0.5, 0.6) is 0 Å². The van der Waals surface area contributed by atoms with Gasteiger partial charge in [0.2, 0.25) is 0 Å². The highest BCUT2D eigenvalue weighted by Gasteiger charge is 2.29. The van der Waals surface area contributed by atoms with Gasteiger partial charge in [-0.15, -0.1) is 0 Å². The van der Waals surface area contributed by atoms with Crippen molar-refractivity contribution < 1.29 is 24.3 Å². The van der Waals surface area contributed by atoms with Gasteiger partial charge in [0.15, 0.2) is 0 Å². The van der Waals surface area contributed by atoms with Crippen LogP contribution >= 0.6 is 0 Å². The summed E-state index contributed by atoms with van der Waals surface area (Å²) in [6, 6.07) is 19.4. The maximum Gasteiger partial charge on any atom is 0.335 e. The number of rotatable bonds is 9. The molecular weight excluding hydrogens is 534 g/mol. The van der Waals surface area contributed by atoms with Crippen LogP contribution in [0.2, 0.25) is 0 Å². The number of piperazine rings is 1. The quantitative estimate of drug-likeness (QED) is 0.263. The third-order valence-corrected chi connectivity index (χ3v) is 7.62. The number of benzene rings is 3. The van der Waals surface area contributed by atoms with Gasteiger partial charge in [0.25, 0.3) is 11.8 Å². The maximum atomic E-state index is 13.2. The van der Waals surface area contributed by atoms with E-state index >= 15 is 0 Å². The summed E-state index contributed by atoms with van der Waals surface area (Å²) < 4.78 is 0. The van der Waals surface area contributed by atoms with Crippen LogP contribution in [-0.2, 0) is 9.63 Å². The standard InChI is InChI=1S/C32H35N5O5/c1-21-19-24(10-12-25(21)31(39)36(3)42-18-17-37-15-13-35(2)14-16-37)33-29(22-7-5-4-6-8-22)28-26-11-9-23(32(40)41)20-27(26)34-30(28)38/h4-12,19-20,33H,13-18H2,1-3H3,(H,34,38)(H,40,41). The van der Waals surface area contributed by atoms with Gasteiger partial charge < -0.3 is 20.6 Å². The first-order valence-electron chi connectivity index (χ1n) is 13.9. The molecule has 0 spiro atoms. The predicted octanol–water partition coefficient (Wildman–Crippen LogP) is 3.88. The van der Waals surface area contributed by atoms with Gasteiger partial charge in [0.1, 0.15) is 0 Å². The van der Waals surface area contributed by atoms with Gasteiger partial charge in [0.05, 0.1) is 29.1 Å². The van der Waals surface area contributed by atoms with Crippen LogP contribution in [0.15, 0.2) is 66.7 Å². The highest BCUT2D eigenvalue weighted by molar-refractivity contribution is 6.37. The minimum atomic E-state index is -1.07. The zero-order valence-corrected chi connectivity index (χ0v) is 24.0. The van der Waals surface area contributed by atoms with Crippen LogP contribution in [0, 0.1) is 6.92 Å². The van der Waals surface area contributed by atoms with E-state index in [1.54, 1.807) is 25.2 Å². The Hall–Kier alpha value is -4.51. The van der Waals surface area contributed by atoms with Crippen molar-refractivity contribution in [2.75, 3.05) is 64.1 Å². The molecule has 3 aromatic carbocycles. The second kappa shape index (κ2) is 12.6. The van der Waals surface area contributed by atoms with Gasteiger partial charge in [-0.05, 0) is 55.4 Å². The minimum absolute atomic E-state index is 0.0914. The summed E-state index contributed by atoms with van der Waals surface area (Å²) in [5.74, 6) is -1.64. The summed E-state index contributed by atoms with van der Waals surface area (Å²) in [5.41, 5.74) is 4.85. The number of hydrogen-bond acceptors (Lipinski definition) is 7. The van der Waals surface area contributed by atoms with E-state index in [0.717, 1.165) is 43.9 Å². The van der Waals surface area contributed by atoms with Crippen LogP contribution in [-0.4, -0.2) is 91.2 Å². The topological polar surface area (TPSA) is 114 Å². The molecule has 2 heterocycles. The first-order valence-corrected chi connectivity index (χ1v) is 13.9. The molecule has 0 aromatic heterocycles. The Morgan fingerprint density at radius 1 is 1.00 bits per heavy atom. The van der Waals surface area contributed by atoms with E-state index in [-0.39, 0.29) is 17.4 Å². The zero-order valence-electron chi connectivity index (χ0n) is 24.0. The molecule has 2 amide bonds. The lowest BCUT2D eigenvalue weighted by Gasteiger charge is -2.32. The number of aromatic carboxylic acids is 1. The summed E-state index contributed by atoms with van der Waals surface area (Å²) in [6.45, 7) is 7.08. The van der Waals surface area contributed by atoms with Crippen molar-refractivity contribution >= 4 is 40.4 Å². The van der Waals surface area contributed by atoms with Crippen molar-refractivity contribution in [2.24, 2.45) is 0 Å². The van der Waals surface area contributed by atoms with E-state index in [4.69, 9.17) is 4.84 Å². The molecule has 0 atom stereocenters. The number of anilines is 2. The van der Waals surface area contributed by atoms with Crippen LogP contribution in [0.3, 0.4) is 0 Å². The Kier molecular flexibility index (Phi) is 8.67. The van der Waals surface area contributed by atoms with Crippen LogP contribution < -0.4 is 10.6 Å². The molecule has 218 valence electrons. The summed E-state index contributed by atoms with van der Waals surface area (Å²) in [5, 5.41) is 16.9. The van der Waals surface area contributed by atoms with Crippen molar-refractivity contribution in [3.05, 3.63) is 94.5 Å². The highest BCUT2D eigenvalue weighted by Crippen LogP contribution is 2.38. The summed E-state index contributed by atoms with van der Waals surface area (Å²) >= 11 is 0. The lowest BCUT2D eigenvalue weighted by Crippen LogP contribution is -2.46. The molecule has 5 rings (SSSR count). The average Bonchev–Trinajstić information content (AvgIpc) is 3.31. The number of carboxylic acids is 1. The van der Waals surface area contributed by atoms with Crippen LogP contribution in [0.1, 0.15) is 37.4 Å². The van der Waals surface area contributed by atoms with E-state index in [9.17, 15) is 19.5 Å². The molecule has 0 aliphatic carbocycles. The largest absolute Gasteiger partial charge is 0.478 e. The van der Waals surface area contributed by atoms with Crippen LogP contribution in [0.25, 0.3) is 11.3 Å². The van der Waals surface area contributed by atoms with Gasteiger partial charge in [-0.25, -0.2) is 9.86 Å². The number of nitrogens with zero attached hydrogens (tertiary/aromatic N) is 3. The Bertz CT molecular complexity index is 1530. The van der Waals surface area contributed by atoms with E-state index in [0.29, 0.717) is 40.4 Å². The molecule has 1 fully saturated rings. The number of amides is 2. The van der Waals surface area contributed by atoms with Gasteiger partial charge in [0, 0.05) is 56.6 Å². The molecule has 1 saturated heterocycles. The molecule has 3 aromatic rings. The number of carboxylic acid groups (broad SMARTS) is 1. The Morgan fingerprint density at radius 3 is 2.43 bits per heavy atom. The number of nitrogens with one attached hydrogen (secondary N) is 2. The molecule has 2 aliphatic rings. The van der Waals surface area contributed by atoms with Gasteiger partial charge in [-0.3, -0.25) is 19.3 Å². The van der Waals surface area contributed by atoms with Crippen molar-refractivity contribution in [2.45, 2.75) is 6.92 Å². The Labute approximate surface area is 245 Å². The molecule has 10 nitrogen and oxygen atoms in total. The van der Waals surface area contributed by atoms with Crippen LogP contribution in [0.4, 0.5) is 11.4 Å². The minimum Gasteiger partial charge on any atom is -0.478 e. The molecule has 0 saturated carbocycles. The first kappa shape index (κ1) is 29.0. The smallest absolute Gasteiger partial charge is 0.335 e. The summed E-state index contributed by atoms with van der Waals surface area (Å²) in [7, 11) is 3.74. The zero-order chi connectivity index (χ0) is 29.8. The number of carbonyl (C=O) groups is 3. The average molecular weight is 570 g/mol. The number of likely N-dealkylation sites (N-methyl/N-ethyl adjacent to an activating group) is 1. The SMILES string of the molecule is Cc1cc(NC(=C2C(=O)Nc3cc(C(=O)O)ccc32)c2ccccc2)ccc1C(=O)N(C)OCCN1CCN(C)CC1. The number of hydrogen-bond donors (Lipinski definition) is 3. The lowest BCUT2D eigenvalue weighted by atomic mass is 9.98. The molecule has 42 heavy (non-hydrogen) atoms. The number of aryl methyl sites for hydroxylation is 1. The molecule has 0 unspecified atom stereocenters. The fourth-order valence-electron chi connectivity index (χ4n) is 5.17. The Morgan fingerprint density at radius 2 is 1.74 bits per heavy atom. The molecule has 0 bridgehead atoms. The fraction of sp³-hybridized carbons (Fsp3) is 0.281. The predicted molar refractivity (Wildman–Crippen MR) is 162 cm³/mol. The van der Waals surface area contributed by atoms with E-state index < -0.39 is 5.97 Å². The van der Waals surface area contributed by atoms with E-state index in [2.05, 4.69) is 27.5 Å². The number of carbonyl (C=O) groups excluding carboxylic acids is 2. The number of hydroxylamine groups is 2. The highest BCUT2D eigenvalue weighted by atomic mass is 16.7.